The molecule has 11 nitrogen and oxygen atoms in total. The number of benzene rings is 2. The molecule has 0 aliphatic carbocycles. The van der Waals surface area contributed by atoms with Gasteiger partial charge in [0, 0.05) is 11.6 Å². The van der Waals surface area contributed by atoms with E-state index in [1.54, 1.807) is 47.9 Å². The number of aryl methyl sites for hydroxylation is 1. The van der Waals surface area contributed by atoms with Gasteiger partial charge in [-0.1, -0.05) is 46.3 Å². The van der Waals surface area contributed by atoms with Crippen molar-refractivity contribution in [1.29, 1.82) is 0 Å². The lowest BCUT2D eigenvalue weighted by atomic mass is 10.2. The van der Waals surface area contributed by atoms with E-state index in [0.717, 1.165) is 16.8 Å². The van der Waals surface area contributed by atoms with Crippen molar-refractivity contribution in [2.45, 2.75) is 18.6 Å². The van der Waals surface area contributed by atoms with Crippen LogP contribution in [-0.4, -0.2) is 56.7 Å². The van der Waals surface area contributed by atoms with Gasteiger partial charge in [0.1, 0.15) is 16.5 Å². The number of carbonyl (C=O) groups is 2. The van der Waals surface area contributed by atoms with Gasteiger partial charge in [-0.25, -0.2) is 0 Å². The predicted molar refractivity (Wildman–Crippen MR) is 146 cm³/mol. The summed E-state index contributed by atoms with van der Waals surface area (Å²) in [5.74, 6) is 0.759. The largest absolute Gasteiger partial charge is 0.497 e. The molecule has 198 valence electrons. The Morgan fingerprint density at radius 2 is 1.74 bits per heavy atom. The van der Waals surface area contributed by atoms with Gasteiger partial charge in [-0.05, 0) is 37.3 Å². The molecule has 2 aromatic carbocycles. The molecule has 2 heterocycles. The highest BCUT2D eigenvalue weighted by atomic mass is 35.5. The zero-order valence-corrected chi connectivity index (χ0v) is 23.5. The number of carbonyl (C=O) groups excluding carboxylic acids is 2. The van der Waals surface area contributed by atoms with Crippen LogP contribution < -0.4 is 20.1 Å². The molecule has 0 bridgehead atoms. The van der Waals surface area contributed by atoms with Gasteiger partial charge in [-0.15, -0.1) is 20.4 Å². The van der Waals surface area contributed by atoms with Gasteiger partial charge >= 0.3 is 0 Å². The summed E-state index contributed by atoms with van der Waals surface area (Å²) < 4.78 is 12.2. The number of amides is 2. The van der Waals surface area contributed by atoms with Crippen LogP contribution in [0.4, 0.5) is 5.13 Å². The van der Waals surface area contributed by atoms with E-state index in [0.29, 0.717) is 48.9 Å². The average Bonchev–Trinajstić information content (AvgIpc) is 3.52. The van der Waals surface area contributed by atoms with Crippen LogP contribution in [0.15, 0.2) is 41.6 Å². The summed E-state index contributed by atoms with van der Waals surface area (Å²) in [6.45, 7) is 1.83. The van der Waals surface area contributed by atoms with Crippen LogP contribution in [0.2, 0.25) is 10.0 Å². The molecule has 2 amide bonds. The predicted octanol–water partition coefficient (Wildman–Crippen LogP) is 4.41. The Bertz CT molecular complexity index is 1460. The number of hydrogen-bond acceptors (Lipinski definition) is 10. The van der Waals surface area contributed by atoms with E-state index < -0.39 is 0 Å². The second-order valence-electron chi connectivity index (χ2n) is 7.58. The molecule has 0 saturated heterocycles. The molecule has 2 aromatic heterocycles. The number of rotatable bonds is 10. The Morgan fingerprint density at radius 3 is 2.37 bits per heavy atom. The third kappa shape index (κ3) is 6.72. The SMILES string of the molecule is COc1cc(OC)cc(C(=O)NCc2nnc(SCC(=O)Nc3nnc(C)s3)n2-c2ccc(Cl)c(Cl)c2)c1. The summed E-state index contributed by atoms with van der Waals surface area (Å²) in [4.78, 5) is 25.4. The fraction of sp³-hybridized carbons (Fsp3) is 0.217. The first kappa shape index (κ1) is 27.6. The Labute approximate surface area is 235 Å². The quantitative estimate of drug-likeness (QED) is 0.256. The summed E-state index contributed by atoms with van der Waals surface area (Å²) >= 11 is 14.8. The number of nitrogens with one attached hydrogen (secondary N) is 2. The molecule has 2 N–H and O–H groups in total. The number of nitrogens with zero attached hydrogens (tertiary/aromatic N) is 5. The van der Waals surface area contributed by atoms with Gasteiger partial charge in [-0.2, -0.15) is 0 Å². The highest BCUT2D eigenvalue weighted by Crippen LogP contribution is 2.29. The lowest BCUT2D eigenvalue weighted by Crippen LogP contribution is -2.24. The van der Waals surface area contributed by atoms with Crippen LogP contribution in [0.3, 0.4) is 0 Å². The first-order valence-electron chi connectivity index (χ1n) is 10.9. The molecule has 0 aliphatic rings. The topological polar surface area (TPSA) is 133 Å². The molecule has 4 rings (SSSR count). The maximum Gasteiger partial charge on any atom is 0.251 e. The number of halogens is 2. The standard InChI is InChI=1S/C23H21Cl2N7O4S2/c1-12-28-30-22(38-12)27-20(33)11-37-23-31-29-19(32(23)14-4-5-17(24)18(25)8-14)10-26-21(34)13-6-15(35-2)9-16(7-13)36-3/h4-9H,10-11H2,1-3H3,(H,26,34)(H,27,30,33). The number of anilines is 1. The average molecular weight is 595 g/mol. The zero-order chi connectivity index (χ0) is 27.2. The molecule has 0 radical (unpaired) electrons. The van der Waals surface area contributed by atoms with Crippen molar-refractivity contribution >= 4 is 63.2 Å². The van der Waals surface area contributed by atoms with Crippen molar-refractivity contribution in [1.82, 2.24) is 30.3 Å². The number of aromatic nitrogens is 5. The molecular formula is C23H21Cl2N7O4S2. The molecule has 15 heteroatoms. The van der Waals surface area contributed by atoms with Gasteiger partial charge in [0.05, 0.1) is 42.2 Å². The summed E-state index contributed by atoms with van der Waals surface area (Å²) in [6, 6.07) is 9.90. The van der Waals surface area contributed by atoms with Crippen molar-refractivity contribution in [3.05, 3.63) is 62.8 Å². The van der Waals surface area contributed by atoms with Gasteiger partial charge in [-0.3, -0.25) is 19.5 Å². The third-order valence-electron chi connectivity index (χ3n) is 4.99. The minimum atomic E-state index is -0.369. The van der Waals surface area contributed by atoms with Gasteiger partial charge in [0.15, 0.2) is 11.0 Å². The van der Waals surface area contributed by atoms with E-state index in [9.17, 15) is 9.59 Å². The van der Waals surface area contributed by atoms with Crippen LogP contribution in [0.25, 0.3) is 5.69 Å². The van der Waals surface area contributed by atoms with E-state index in [-0.39, 0.29) is 24.1 Å². The summed E-state index contributed by atoms with van der Waals surface area (Å²) in [6.07, 6.45) is 0. The van der Waals surface area contributed by atoms with Crippen LogP contribution >= 0.6 is 46.3 Å². The second-order valence-corrected chi connectivity index (χ2v) is 10.5. The number of thioether (sulfide) groups is 1. The van der Waals surface area contributed by atoms with E-state index in [1.807, 2.05) is 0 Å². The smallest absolute Gasteiger partial charge is 0.251 e. The fourth-order valence-electron chi connectivity index (χ4n) is 3.22. The highest BCUT2D eigenvalue weighted by molar-refractivity contribution is 7.99. The van der Waals surface area contributed by atoms with E-state index in [1.165, 1.54) is 25.6 Å². The molecule has 0 spiro atoms. The van der Waals surface area contributed by atoms with Crippen LogP contribution in [0.1, 0.15) is 21.2 Å². The Kier molecular flexibility index (Phi) is 9.05. The van der Waals surface area contributed by atoms with Gasteiger partial charge in [0.25, 0.3) is 5.91 Å². The molecule has 0 saturated carbocycles. The molecular weight excluding hydrogens is 573 g/mol. The van der Waals surface area contributed by atoms with E-state index in [2.05, 4.69) is 31.0 Å². The minimum absolute atomic E-state index is 0.0302. The van der Waals surface area contributed by atoms with Crippen LogP contribution in [-0.2, 0) is 11.3 Å². The molecule has 0 aliphatic heterocycles. The molecule has 0 unspecified atom stereocenters. The molecule has 0 atom stereocenters. The maximum absolute atomic E-state index is 12.9. The third-order valence-corrected chi connectivity index (χ3v) is 7.41. The summed E-state index contributed by atoms with van der Waals surface area (Å²) in [5.41, 5.74) is 0.958. The van der Waals surface area contributed by atoms with Crippen LogP contribution in [0, 0.1) is 6.92 Å². The zero-order valence-electron chi connectivity index (χ0n) is 20.3. The lowest BCUT2D eigenvalue weighted by Gasteiger charge is -2.12. The molecule has 38 heavy (non-hydrogen) atoms. The lowest BCUT2D eigenvalue weighted by molar-refractivity contribution is -0.113. The number of methoxy groups -OCH3 is 2. The maximum atomic E-state index is 12.9. The van der Waals surface area contributed by atoms with Crippen LogP contribution in [0.5, 0.6) is 11.5 Å². The Balaban J connectivity index is 1.54. The summed E-state index contributed by atoms with van der Waals surface area (Å²) in [7, 11) is 3.01. The highest BCUT2D eigenvalue weighted by Gasteiger charge is 2.19. The second kappa shape index (κ2) is 12.4. The fourth-order valence-corrected chi connectivity index (χ4v) is 4.90. The van der Waals surface area contributed by atoms with Crippen molar-refractivity contribution in [3.8, 4) is 17.2 Å². The minimum Gasteiger partial charge on any atom is -0.497 e. The van der Waals surface area contributed by atoms with Crippen molar-refractivity contribution in [2.24, 2.45) is 0 Å². The first-order chi connectivity index (χ1) is 18.3. The van der Waals surface area contributed by atoms with E-state index in [4.69, 9.17) is 32.7 Å². The molecule has 4 aromatic rings. The van der Waals surface area contributed by atoms with Gasteiger partial charge in [0.2, 0.25) is 11.0 Å². The van der Waals surface area contributed by atoms with Gasteiger partial charge < -0.3 is 14.8 Å². The number of hydrogen-bond donors (Lipinski definition) is 2. The summed E-state index contributed by atoms with van der Waals surface area (Å²) in [5, 5.41) is 24.1. The monoisotopic (exact) mass is 593 g/mol. The van der Waals surface area contributed by atoms with E-state index >= 15 is 0 Å². The first-order valence-corrected chi connectivity index (χ1v) is 13.5. The molecule has 0 fully saturated rings. The Morgan fingerprint density at radius 1 is 1.00 bits per heavy atom. The van der Waals surface area contributed by atoms with Crippen molar-refractivity contribution in [3.63, 3.8) is 0 Å². The van der Waals surface area contributed by atoms with Crippen molar-refractivity contribution in [2.75, 3.05) is 25.3 Å². The van der Waals surface area contributed by atoms with Crippen molar-refractivity contribution < 1.29 is 19.1 Å². The Hall–Kier alpha value is -3.39. The normalized spacial score (nSPS) is 10.8. The number of ether oxygens (including phenoxy) is 2.